The van der Waals surface area contributed by atoms with Crippen LogP contribution in [0, 0.1) is 0 Å². The second kappa shape index (κ2) is 6.31. The van der Waals surface area contributed by atoms with E-state index in [9.17, 15) is 0 Å². The Morgan fingerprint density at radius 1 is 1.45 bits per heavy atom. The van der Waals surface area contributed by atoms with Crippen molar-refractivity contribution >= 4 is 38.7 Å². The van der Waals surface area contributed by atoms with Gasteiger partial charge in [-0.05, 0) is 31.0 Å². The van der Waals surface area contributed by atoms with Crippen LogP contribution in [0.1, 0.15) is 31.7 Å². The van der Waals surface area contributed by atoms with Crippen molar-refractivity contribution in [3.63, 3.8) is 0 Å². The highest BCUT2D eigenvalue weighted by molar-refractivity contribution is 9.10. The molecule has 0 saturated heterocycles. The highest BCUT2D eigenvalue weighted by Gasteiger charge is 2.29. The predicted molar refractivity (Wildman–Crippen MR) is 89.9 cm³/mol. The van der Waals surface area contributed by atoms with Gasteiger partial charge in [-0.25, -0.2) is 0 Å². The Morgan fingerprint density at radius 2 is 2.35 bits per heavy atom. The highest BCUT2D eigenvalue weighted by atomic mass is 79.9. The number of hydrogen-bond donors (Lipinski definition) is 0. The monoisotopic (exact) mass is 351 g/mol. The molecule has 0 radical (unpaired) electrons. The normalized spacial score (nSPS) is 19.6. The van der Waals surface area contributed by atoms with E-state index in [0.29, 0.717) is 0 Å². The van der Waals surface area contributed by atoms with Gasteiger partial charge in [-0.15, -0.1) is 0 Å². The molecule has 0 spiro atoms. The topological polar surface area (TPSA) is 28.0 Å². The minimum Gasteiger partial charge on any atom is -0.305 e. The van der Waals surface area contributed by atoms with E-state index in [1.807, 2.05) is 0 Å². The molecule has 5 heteroatoms. The summed E-state index contributed by atoms with van der Waals surface area (Å²) in [6, 6.07) is 6.42. The third-order valence-corrected chi connectivity index (χ3v) is 5.02. The summed E-state index contributed by atoms with van der Waals surface area (Å²) < 4.78 is 1.11. The van der Waals surface area contributed by atoms with Crippen LogP contribution in [0.5, 0.6) is 0 Å². The van der Waals surface area contributed by atoms with Crippen LogP contribution in [0.25, 0.3) is 0 Å². The molecule has 1 aromatic rings. The maximum Gasteiger partial charge on any atom is 0.169 e. The number of hydrogen-bond acceptors (Lipinski definition) is 3. The summed E-state index contributed by atoms with van der Waals surface area (Å²) in [5.74, 6) is 1.10. The van der Waals surface area contributed by atoms with Crippen molar-refractivity contribution in [2.45, 2.75) is 31.1 Å². The first-order chi connectivity index (χ1) is 9.79. The smallest absolute Gasteiger partial charge is 0.169 e. The van der Waals surface area contributed by atoms with Crippen molar-refractivity contribution in [3.05, 3.63) is 28.2 Å². The average molecular weight is 352 g/mol. The van der Waals surface area contributed by atoms with Crippen molar-refractivity contribution in [3.8, 4) is 0 Å². The van der Waals surface area contributed by atoms with Crippen molar-refractivity contribution in [1.82, 2.24) is 4.90 Å². The number of amidine groups is 2. The molecular weight excluding hydrogens is 334 g/mol. The number of fused-ring (bicyclic) bond motifs is 3. The lowest BCUT2D eigenvalue weighted by Gasteiger charge is -2.34. The lowest BCUT2D eigenvalue weighted by atomic mass is 10.1. The number of thioether (sulfide) groups is 1. The lowest BCUT2D eigenvalue weighted by Crippen LogP contribution is -2.42. The van der Waals surface area contributed by atoms with E-state index < -0.39 is 0 Å². The number of halogens is 1. The molecule has 3 nitrogen and oxygen atoms in total. The Hall–Kier alpha value is -0.810. The van der Waals surface area contributed by atoms with Crippen molar-refractivity contribution in [2.75, 3.05) is 19.6 Å². The van der Waals surface area contributed by atoms with Gasteiger partial charge >= 0.3 is 0 Å². The number of rotatable bonds is 3. The lowest BCUT2D eigenvalue weighted by molar-refractivity contribution is 0.551. The van der Waals surface area contributed by atoms with Gasteiger partial charge in [0.05, 0.1) is 0 Å². The van der Waals surface area contributed by atoms with Crippen LogP contribution in [0.4, 0.5) is 0 Å². The first-order valence-corrected chi connectivity index (χ1v) is 8.74. The summed E-state index contributed by atoms with van der Waals surface area (Å²) in [7, 11) is 0. The Labute approximate surface area is 132 Å². The molecule has 106 valence electrons. The van der Waals surface area contributed by atoms with Crippen LogP contribution in [0.15, 0.2) is 37.6 Å². The van der Waals surface area contributed by atoms with Gasteiger partial charge in [-0.3, -0.25) is 9.98 Å². The van der Waals surface area contributed by atoms with Gasteiger partial charge in [-0.1, -0.05) is 41.0 Å². The van der Waals surface area contributed by atoms with Crippen LogP contribution < -0.4 is 0 Å². The van der Waals surface area contributed by atoms with Crippen LogP contribution in [-0.4, -0.2) is 35.5 Å². The maximum absolute atomic E-state index is 4.80. The minimum atomic E-state index is 0.909. The molecule has 0 atom stereocenters. The van der Waals surface area contributed by atoms with Crippen molar-refractivity contribution in [1.29, 1.82) is 0 Å². The van der Waals surface area contributed by atoms with Crippen molar-refractivity contribution < 1.29 is 0 Å². The van der Waals surface area contributed by atoms with E-state index in [-0.39, 0.29) is 0 Å². The van der Waals surface area contributed by atoms with E-state index in [1.165, 1.54) is 16.9 Å². The summed E-state index contributed by atoms with van der Waals surface area (Å²) in [6.07, 6.45) is 3.45. The quantitative estimate of drug-likeness (QED) is 0.764. The van der Waals surface area contributed by atoms with Gasteiger partial charge in [0.2, 0.25) is 0 Å². The van der Waals surface area contributed by atoms with Gasteiger partial charge < -0.3 is 4.90 Å². The summed E-state index contributed by atoms with van der Waals surface area (Å²) in [5, 5.41) is 1.11. The fourth-order valence-corrected chi connectivity index (χ4v) is 4.00. The van der Waals surface area contributed by atoms with Gasteiger partial charge in [0, 0.05) is 34.6 Å². The third-order valence-electron chi connectivity index (χ3n) is 3.43. The second-order valence-electron chi connectivity index (χ2n) is 4.97. The molecule has 0 bridgehead atoms. The number of benzene rings is 1. The average Bonchev–Trinajstić information content (AvgIpc) is 2.47. The SMILES string of the molecule is CCCCN=C1Sc2cc(Br)ccc2C2=NCCCN12. The standard InChI is InChI=1S/C15H18BrN3S/c1-2-3-7-18-15-19-9-4-8-17-14(19)12-6-5-11(16)10-13(12)20-15/h5-6,10H,2-4,7-9H2,1H3. The largest absolute Gasteiger partial charge is 0.305 e. The van der Waals surface area contributed by atoms with Crippen LogP contribution in [0.3, 0.4) is 0 Å². The fraction of sp³-hybridized carbons (Fsp3) is 0.467. The zero-order chi connectivity index (χ0) is 13.9. The van der Waals surface area contributed by atoms with Gasteiger partial charge in [0.15, 0.2) is 5.17 Å². The summed E-state index contributed by atoms with van der Waals surface area (Å²) >= 11 is 5.33. The molecule has 0 aromatic heterocycles. The second-order valence-corrected chi connectivity index (χ2v) is 6.90. The molecule has 0 N–H and O–H groups in total. The molecule has 2 aliphatic heterocycles. The molecule has 0 unspecified atom stereocenters. The van der Waals surface area contributed by atoms with Gasteiger partial charge in [0.1, 0.15) is 5.84 Å². The zero-order valence-electron chi connectivity index (χ0n) is 11.6. The van der Waals surface area contributed by atoms with E-state index in [4.69, 9.17) is 9.98 Å². The number of unbranched alkanes of at least 4 members (excludes halogenated alkanes) is 1. The van der Waals surface area contributed by atoms with Crippen LogP contribution in [0.2, 0.25) is 0 Å². The Morgan fingerprint density at radius 3 is 3.20 bits per heavy atom. The van der Waals surface area contributed by atoms with Crippen LogP contribution >= 0.6 is 27.7 Å². The van der Waals surface area contributed by atoms with E-state index in [1.54, 1.807) is 11.8 Å². The first kappa shape index (κ1) is 14.1. The Kier molecular flexibility index (Phi) is 4.46. The summed E-state index contributed by atoms with van der Waals surface area (Å²) in [6.45, 7) is 5.07. The number of aliphatic imine (C=N–C) groups is 2. The van der Waals surface area contributed by atoms with Crippen LogP contribution in [-0.2, 0) is 0 Å². The van der Waals surface area contributed by atoms with E-state index in [2.05, 4.69) is 46.0 Å². The molecule has 0 saturated carbocycles. The third kappa shape index (κ3) is 2.79. The molecule has 0 aliphatic carbocycles. The minimum absolute atomic E-state index is 0.909. The predicted octanol–water partition coefficient (Wildman–Crippen LogP) is 4.16. The Balaban J connectivity index is 1.98. The molecule has 1 aromatic carbocycles. The molecule has 3 rings (SSSR count). The fourth-order valence-electron chi connectivity index (χ4n) is 2.39. The van der Waals surface area contributed by atoms with E-state index >= 15 is 0 Å². The van der Waals surface area contributed by atoms with Crippen molar-refractivity contribution in [2.24, 2.45) is 9.98 Å². The number of nitrogens with zero attached hydrogens (tertiary/aromatic N) is 3. The summed E-state index contributed by atoms with van der Waals surface area (Å²) in [5.41, 5.74) is 1.24. The van der Waals surface area contributed by atoms with Gasteiger partial charge in [0.25, 0.3) is 0 Å². The zero-order valence-corrected chi connectivity index (χ0v) is 14.0. The Bertz CT molecular complexity index is 568. The molecule has 2 heterocycles. The maximum atomic E-state index is 4.80. The first-order valence-electron chi connectivity index (χ1n) is 7.14. The summed E-state index contributed by atoms with van der Waals surface area (Å²) in [4.78, 5) is 13.1. The molecule has 0 amide bonds. The van der Waals surface area contributed by atoms with Gasteiger partial charge in [-0.2, -0.15) is 0 Å². The molecule has 0 fully saturated rings. The highest BCUT2D eigenvalue weighted by Crippen LogP contribution is 2.35. The van der Waals surface area contributed by atoms with E-state index in [0.717, 1.165) is 48.0 Å². The molecule has 2 aliphatic rings. The molecular formula is C15H18BrN3S. The molecule has 20 heavy (non-hydrogen) atoms.